The van der Waals surface area contributed by atoms with E-state index in [4.69, 9.17) is 4.74 Å². The maximum Gasteiger partial charge on any atom is 0.316 e. The van der Waals surface area contributed by atoms with Gasteiger partial charge in [0, 0.05) is 24.2 Å². The Bertz CT molecular complexity index is 1000. The van der Waals surface area contributed by atoms with Crippen molar-refractivity contribution in [2.45, 2.75) is 0 Å². The second-order valence-corrected chi connectivity index (χ2v) is 7.01. The molecular weight excluding hydrogens is 370 g/mol. The van der Waals surface area contributed by atoms with E-state index in [1.54, 1.807) is 30.5 Å². The summed E-state index contributed by atoms with van der Waals surface area (Å²) in [4.78, 5) is 34.3. The number of carboxylic acids is 1. The Hall–Kier alpha value is -3.74. The molecule has 1 aromatic heterocycles. The van der Waals surface area contributed by atoms with Crippen LogP contribution >= 0.6 is 0 Å². The first-order valence-corrected chi connectivity index (χ1v) is 9.15. The van der Waals surface area contributed by atoms with E-state index in [1.807, 2.05) is 36.4 Å². The maximum absolute atomic E-state index is 12.5. The number of hydrogen-bond donors (Lipinski definition) is 1. The summed E-state index contributed by atoms with van der Waals surface area (Å²) in [5, 5.41) is 9.67. The molecule has 1 fully saturated rings. The number of rotatable bonds is 6. The summed E-state index contributed by atoms with van der Waals surface area (Å²) in [5.41, 5.74) is 1.02. The highest BCUT2D eigenvalue weighted by atomic mass is 16.5. The summed E-state index contributed by atoms with van der Waals surface area (Å²) < 4.78 is 5.61. The molecule has 1 amide bonds. The van der Waals surface area contributed by atoms with E-state index in [2.05, 4.69) is 9.97 Å². The van der Waals surface area contributed by atoms with E-state index in [1.165, 1.54) is 11.1 Å². The first kappa shape index (κ1) is 18.6. The van der Waals surface area contributed by atoms with Crippen molar-refractivity contribution in [2.24, 2.45) is 5.41 Å². The third-order valence-electron chi connectivity index (χ3n) is 4.94. The molecule has 7 nitrogen and oxygen atoms in total. The van der Waals surface area contributed by atoms with Gasteiger partial charge in [0.2, 0.25) is 5.88 Å². The van der Waals surface area contributed by atoms with Crippen molar-refractivity contribution in [3.8, 4) is 17.1 Å². The van der Waals surface area contributed by atoms with Crippen LogP contribution in [0, 0.1) is 5.41 Å². The van der Waals surface area contributed by atoms with Gasteiger partial charge in [-0.2, -0.15) is 0 Å². The van der Waals surface area contributed by atoms with Gasteiger partial charge in [0.05, 0.1) is 18.1 Å². The number of amides is 1. The molecule has 1 N–H and O–H groups in total. The second kappa shape index (κ2) is 7.71. The zero-order valence-corrected chi connectivity index (χ0v) is 15.6. The number of hydrogen-bond acceptors (Lipinski definition) is 5. The standard InChI is InChI=1S/C22H19N3O4/c26-20(17-9-5-2-6-10-17)25-13-22(14-25,21(27)28)15-29-19-12-23-18(11-24-19)16-7-3-1-4-8-16/h1-12H,13-15H2,(H,27,28). The van der Waals surface area contributed by atoms with Crippen LogP contribution in [0.15, 0.2) is 73.1 Å². The highest BCUT2D eigenvalue weighted by Gasteiger charge is 2.52. The van der Waals surface area contributed by atoms with Crippen LogP contribution in [0.1, 0.15) is 10.4 Å². The van der Waals surface area contributed by atoms with Crippen molar-refractivity contribution in [3.05, 3.63) is 78.6 Å². The van der Waals surface area contributed by atoms with Crippen LogP contribution in [0.5, 0.6) is 5.88 Å². The largest absolute Gasteiger partial charge is 0.481 e. The minimum Gasteiger partial charge on any atom is -0.481 e. The van der Waals surface area contributed by atoms with Gasteiger partial charge in [-0.1, -0.05) is 48.5 Å². The molecule has 0 spiro atoms. The number of likely N-dealkylation sites (tertiary alicyclic amines) is 1. The van der Waals surface area contributed by atoms with Crippen molar-refractivity contribution in [2.75, 3.05) is 19.7 Å². The van der Waals surface area contributed by atoms with Crippen molar-refractivity contribution < 1.29 is 19.4 Å². The minimum absolute atomic E-state index is 0.0831. The average molecular weight is 389 g/mol. The van der Waals surface area contributed by atoms with E-state index >= 15 is 0 Å². The van der Waals surface area contributed by atoms with E-state index in [0.29, 0.717) is 11.3 Å². The molecule has 4 rings (SSSR count). The topological polar surface area (TPSA) is 92.6 Å². The Balaban J connectivity index is 1.39. The summed E-state index contributed by atoms with van der Waals surface area (Å²) in [5.74, 6) is -0.934. The Morgan fingerprint density at radius 2 is 1.62 bits per heavy atom. The predicted molar refractivity (Wildman–Crippen MR) is 105 cm³/mol. The first-order valence-electron chi connectivity index (χ1n) is 9.15. The van der Waals surface area contributed by atoms with Gasteiger partial charge in [0.15, 0.2) is 0 Å². The molecule has 0 radical (unpaired) electrons. The Labute approximate surface area is 167 Å². The van der Waals surface area contributed by atoms with E-state index in [-0.39, 0.29) is 31.5 Å². The number of carbonyl (C=O) groups is 2. The fourth-order valence-corrected chi connectivity index (χ4v) is 3.24. The number of nitrogens with zero attached hydrogens (tertiary/aromatic N) is 3. The fraction of sp³-hybridized carbons (Fsp3) is 0.182. The monoisotopic (exact) mass is 389 g/mol. The zero-order chi connectivity index (χ0) is 20.3. The molecule has 0 aliphatic carbocycles. The SMILES string of the molecule is O=C(c1ccccc1)N1CC(COc2cnc(-c3ccccc3)cn2)(C(=O)O)C1. The summed E-state index contributed by atoms with van der Waals surface area (Å²) in [6.45, 7) is 0.0947. The smallest absolute Gasteiger partial charge is 0.316 e. The van der Waals surface area contributed by atoms with Crippen LogP contribution in [0.3, 0.4) is 0 Å². The number of ether oxygens (including phenoxy) is 1. The number of benzene rings is 2. The van der Waals surface area contributed by atoms with Crippen molar-refractivity contribution >= 4 is 11.9 Å². The van der Waals surface area contributed by atoms with Gasteiger partial charge in [0.1, 0.15) is 12.0 Å². The Kier molecular flexibility index (Phi) is 4.95. The van der Waals surface area contributed by atoms with Crippen LogP contribution < -0.4 is 4.74 Å². The van der Waals surface area contributed by atoms with Gasteiger partial charge >= 0.3 is 5.97 Å². The lowest BCUT2D eigenvalue weighted by Crippen LogP contribution is -2.64. The lowest BCUT2D eigenvalue weighted by molar-refractivity contribution is -0.161. The molecule has 2 heterocycles. The summed E-state index contributed by atoms with van der Waals surface area (Å²) >= 11 is 0. The fourth-order valence-electron chi connectivity index (χ4n) is 3.24. The van der Waals surface area contributed by atoms with E-state index < -0.39 is 11.4 Å². The number of aromatic nitrogens is 2. The quantitative estimate of drug-likeness (QED) is 0.697. The zero-order valence-electron chi connectivity index (χ0n) is 15.6. The predicted octanol–water partition coefficient (Wildman–Crippen LogP) is 2.75. The van der Waals surface area contributed by atoms with E-state index in [0.717, 1.165) is 5.56 Å². The molecule has 1 aliphatic heterocycles. The van der Waals surface area contributed by atoms with E-state index in [9.17, 15) is 14.7 Å². The van der Waals surface area contributed by atoms with Crippen LogP contribution in [0.4, 0.5) is 0 Å². The van der Waals surface area contributed by atoms with Gasteiger partial charge in [-0.15, -0.1) is 0 Å². The maximum atomic E-state index is 12.5. The normalized spacial score (nSPS) is 14.7. The Morgan fingerprint density at radius 1 is 0.966 bits per heavy atom. The molecular formula is C22H19N3O4. The summed E-state index contributed by atoms with van der Waals surface area (Å²) in [6.07, 6.45) is 3.06. The molecule has 1 saturated heterocycles. The second-order valence-electron chi connectivity index (χ2n) is 7.01. The third kappa shape index (κ3) is 3.80. The number of aliphatic carboxylic acids is 1. The molecule has 0 bridgehead atoms. The summed E-state index contributed by atoms with van der Waals surface area (Å²) in [6, 6.07) is 18.4. The molecule has 0 unspecified atom stereocenters. The van der Waals surface area contributed by atoms with Crippen molar-refractivity contribution in [3.63, 3.8) is 0 Å². The van der Waals surface area contributed by atoms with Gasteiger partial charge in [0.25, 0.3) is 5.91 Å². The van der Waals surface area contributed by atoms with Gasteiger partial charge in [-0.3, -0.25) is 9.59 Å². The van der Waals surface area contributed by atoms with Gasteiger partial charge < -0.3 is 14.7 Å². The van der Waals surface area contributed by atoms with Crippen LogP contribution in [-0.4, -0.2) is 51.5 Å². The Morgan fingerprint density at radius 3 is 2.21 bits per heavy atom. The lowest BCUT2D eigenvalue weighted by Gasteiger charge is -2.46. The van der Waals surface area contributed by atoms with Crippen LogP contribution in [0.25, 0.3) is 11.3 Å². The molecule has 146 valence electrons. The minimum atomic E-state index is -1.15. The van der Waals surface area contributed by atoms with Gasteiger partial charge in [-0.05, 0) is 12.1 Å². The molecule has 0 saturated carbocycles. The molecule has 7 heteroatoms. The molecule has 0 atom stereocenters. The number of carboxylic acid groups (broad SMARTS) is 1. The molecule has 1 aliphatic rings. The summed E-state index contributed by atoms with van der Waals surface area (Å²) in [7, 11) is 0. The highest BCUT2D eigenvalue weighted by Crippen LogP contribution is 2.33. The molecule has 29 heavy (non-hydrogen) atoms. The van der Waals surface area contributed by atoms with Gasteiger partial charge in [-0.25, -0.2) is 9.97 Å². The lowest BCUT2D eigenvalue weighted by atomic mass is 9.80. The van der Waals surface area contributed by atoms with Crippen molar-refractivity contribution in [1.29, 1.82) is 0 Å². The van der Waals surface area contributed by atoms with Crippen LogP contribution in [0.2, 0.25) is 0 Å². The number of carbonyl (C=O) groups excluding carboxylic acids is 1. The highest BCUT2D eigenvalue weighted by molar-refractivity contribution is 5.96. The first-order chi connectivity index (χ1) is 14.1. The van der Waals surface area contributed by atoms with Crippen molar-refractivity contribution in [1.82, 2.24) is 14.9 Å². The molecule has 3 aromatic rings. The average Bonchev–Trinajstić information content (AvgIpc) is 2.74. The molecule has 2 aromatic carbocycles. The third-order valence-corrected chi connectivity index (χ3v) is 4.94. The van der Waals surface area contributed by atoms with Crippen LogP contribution in [-0.2, 0) is 4.79 Å².